The van der Waals surface area contributed by atoms with E-state index in [0.717, 1.165) is 12.5 Å². The van der Waals surface area contributed by atoms with E-state index < -0.39 is 0 Å². The third-order valence-electron chi connectivity index (χ3n) is 4.01. The number of hydrogen-bond donors (Lipinski definition) is 2. The molecule has 1 unspecified atom stereocenters. The van der Waals surface area contributed by atoms with Crippen molar-refractivity contribution in [2.24, 2.45) is 11.7 Å². The molecule has 0 bridgehead atoms. The van der Waals surface area contributed by atoms with E-state index in [4.69, 9.17) is 5.73 Å². The van der Waals surface area contributed by atoms with Crippen LogP contribution in [0.2, 0.25) is 0 Å². The monoisotopic (exact) mass is 250 g/mol. The van der Waals surface area contributed by atoms with Crippen molar-refractivity contribution in [3.05, 3.63) is 18.2 Å². The van der Waals surface area contributed by atoms with Gasteiger partial charge in [-0.15, -0.1) is 0 Å². The van der Waals surface area contributed by atoms with Gasteiger partial charge in [0.05, 0.1) is 18.1 Å². The molecule has 1 heterocycles. The van der Waals surface area contributed by atoms with Crippen LogP contribution in [-0.2, 0) is 0 Å². The quantitative estimate of drug-likeness (QED) is 0.780. The predicted molar refractivity (Wildman–Crippen MR) is 74.4 cm³/mol. The summed E-state index contributed by atoms with van der Waals surface area (Å²) in [5, 5.41) is 3.58. The second-order valence-corrected chi connectivity index (χ2v) is 5.65. The second kappa shape index (κ2) is 6.34. The number of nitrogens with two attached hydrogens (primary N) is 1. The normalized spacial score (nSPS) is 18.0. The molecule has 1 saturated carbocycles. The Hall–Kier alpha value is -0.870. The lowest BCUT2D eigenvalue weighted by Gasteiger charge is -2.27. The molecular formula is C14H26N4. The Labute approximate surface area is 110 Å². The maximum atomic E-state index is 5.89. The first-order valence-corrected chi connectivity index (χ1v) is 7.17. The molecule has 4 nitrogen and oxygen atoms in total. The third kappa shape index (κ3) is 3.12. The van der Waals surface area contributed by atoms with Crippen molar-refractivity contribution in [2.45, 2.75) is 51.6 Å². The highest BCUT2D eigenvalue weighted by molar-refractivity contribution is 5.07. The van der Waals surface area contributed by atoms with E-state index in [1.165, 1.54) is 31.4 Å². The molecule has 0 amide bonds. The Bertz CT molecular complexity index is 354. The topological polar surface area (TPSA) is 55.9 Å². The van der Waals surface area contributed by atoms with E-state index in [0.29, 0.717) is 12.6 Å². The third-order valence-corrected chi connectivity index (χ3v) is 4.01. The molecule has 0 aliphatic heterocycles. The Morgan fingerprint density at radius 3 is 2.83 bits per heavy atom. The van der Waals surface area contributed by atoms with Crippen LogP contribution in [0, 0.1) is 5.92 Å². The number of aromatic nitrogens is 2. The molecule has 0 radical (unpaired) electrons. The van der Waals surface area contributed by atoms with Gasteiger partial charge in [0.15, 0.2) is 0 Å². The lowest BCUT2D eigenvalue weighted by molar-refractivity contribution is 0.286. The molecule has 1 aliphatic rings. The summed E-state index contributed by atoms with van der Waals surface area (Å²) in [5.74, 6) is 0.950. The van der Waals surface area contributed by atoms with E-state index in [2.05, 4.69) is 28.7 Å². The average molecular weight is 250 g/mol. The van der Waals surface area contributed by atoms with Gasteiger partial charge >= 0.3 is 0 Å². The standard InChI is InChI=1S/C14H26N4/c1-11(2)18-10-16-9-14(18)13(8-15)17-7-6-12-4-3-5-12/h9-13,17H,3-8,15H2,1-2H3. The first kappa shape index (κ1) is 13.6. The summed E-state index contributed by atoms with van der Waals surface area (Å²) in [5.41, 5.74) is 7.10. The lowest BCUT2D eigenvalue weighted by Crippen LogP contribution is -2.32. The molecule has 1 aliphatic carbocycles. The molecule has 2 rings (SSSR count). The molecule has 1 atom stereocenters. The van der Waals surface area contributed by atoms with Crippen molar-refractivity contribution in [2.75, 3.05) is 13.1 Å². The Morgan fingerprint density at radius 2 is 2.28 bits per heavy atom. The van der Waals surface area contributed by atoms with E-state index in [9.17, 15) is 0 Å². The van der Waals surface area contributed by atoms with Gasteiger partial charge in [0.2, 0.25) is 0 Å². The van der Waals surface area contributed by atoms with Gasteiger partial charge in [0.25, 0.3) is 0 Å². The van der Waals surface area contributed by atoms with Gasteiger partial charge in [0, 0.05) is 18.8 Å². The largest absolute Gasteiger partial charge is 0.331 e. The highest BCUT2D eigenvalue weighted by atomic mass is 15.1. The summed E-state index contributed by atoms with van der Waals surface area (Å²) in [6.45, 7) is 6.04. The fourth-order valence-electron chi connectivity index (χ4n) is 2.57. The lowest BCUT2D eigenvalue weighted by atomic mass is 9.83. The Morgan fingerprint density at radius 1 is 1.50 bits per heavy atom. The van der Waals surface area contributed by atoms with Gasteiger partial charge in [-0.1, -0.05) is 19.3 Å². The Kier molecular flexibility index (Phi) is 4.78. The predicted octanol–water partition coefficient (Wildman–Crippen LogP) is 2.24. The summed E-state index contributed by atoms with van der Waals surface area (Å²) in [6.07, 6.45) is 9.37. The molecule has 3 N–H and O–H groups in total. The minimum absolute atomic E-state index is 0.231. The average Bonchev–Trinajstić information content (AvgIpc) is 2.76. The summed E-state index contributed by atoms with van der Waals surface area (Å²) in [6, 6.07) is 0.667. The van der Waals surface area contributed by atoms with E-state index in [1.807, 2.05) is 12.5 Å². The number of hydrogen-bond acceptors (Lipinski definition) is 3. The first-order valence-electron chi connectivity index (χ1n) is 7.17. The van der Waals surface area contributed by atoms with Crippen LogP contribution in [0.1, 0.15) is 57.3 Å². The molecule has 18 heavy (non-hydrogen) atoms. The zero-order chi connectivity index (χ0) is 13.0. The summed E-state index contributed by atoms with van der Waals surface area (Å²) < 4.78 is 2.20. The van der Waals surface area contributed by atoms with Crippen LogP contribution in [0.4, 0.5) is 0 Å². The van der Waals surface area contributed by atoms with Crippen molar-refractivity contribution in [1.82, 2.24) is 14.9 Å². The fraction of sp³-hybridized carbons (Fsp3) is 0.786. The number of imidazole rings is 1. The van der Waals surface area contributed by atoms with Crippen LogP contribution in [0.25, 0.3) is 0 Å². The number of nitrogens with zero attached hydrogens (tertiary/aromatic N) is 2. The zero-order valence-electron chi connectivity index (χ0n) is 11.6. The van der Waals surface area contributed by atoms with Gasteiger partial charge in [-0.25, -0.2) is 4.98 Å². The van der Waals surface area contributed by atoms with E-state index >= 15 is 0 Å². The second-order valence-electron chi connectivity index (χ2n) is 5.65. The van der Waals surface area contributed by atoms with Gasteiger partial charge in [0.1, 0.15) is 0 Å². The molecule has 0 aromatic carbocycles. The molecule has 4 heteroatoms. The summed E-state index contributed by atoms with van der Waals surface area (Å²) in [7, 11) is 0. The molecule has 1 aromatic rings. The van der Waals surface area contributed by atoms with Crippen molar-refractivity contribution in [3.63, 3.8) is 0 Å². The first-order chi connectivity index (χ1) is 8.72. The van der Waals surface area contributed by atoms with E-state index in [-0.39, 0.29) is 6.04 Å². The van der Waals surface area contributed by atoms with Gasteiger partial charge in [-0.05, 0) is 32.7 Å². The Balaban J connectivity index is 1.88. The molecule has 102 valence electrons. The van der Waals surface area contributed by atoms with Gasteiger partial charge in [-0.2, -0.15) is 0 Å². The number of nitrogens with one attached hydrogen (secondary N) is 1. The maximum Gasteiger partial charge on any atom is 0.0951 e. The minimum Gasteiger partial charge on any atom is -0.331 e. The SMILES string of the molecule is CC(C)n1cncc1C(CN)NCCC1CCC1. The minimum atomic E-state index is 0.231. The molecule has 1 aromatic heterocycles. The van der Waals surface area contributed by atoms with Crippen molar-refractivity contribution in [1.29, 1.82) is 0 Å². The maximum absolute atomic E-state index is 5.89. The molecular weight excluding hydrogens is 224 g/mol. The van der Waals surface area contributed by atoms with Gasteiger partial charge in [-0.3, -0.25) is 0 Å². The van der Waals surface area contributed by atoms with Crippen LogP contribution < -0.4 is 11.1 Å². The molecule has 0 spiro atoms. The van der Waals surface area contributed by atoms with Crippen LogP contribution in [0.15, 0.2) is 12.5 Å². The van der Waals surface area contributed by atoms with Crippen molar-refractivity contribution in [3.8, 4) is 0 Å². The fourth-order valence-corrected chi connectivity index (χ4v) is 2.57. The van der Waals surface area contributed by atoms with Crippen LogP contribution in [-0.4, -0.2) is 22.6 Å². The van der Waals surface area contributed by atoms with Crippen molar-refractivity contribution >= 4 is 0 Å². The van der Waals surface area contributed by atoms with Crippen molar-refractivity contribution < 1.29 is 0 Å². The van der Waals surface area contributed by atoms with Crippen LogP contribution in [0.5, 0.6) is 0 Å². The van der Waals surface area contributed by atoms with Crippen LogP contribution >= 0.6 is 0 Å². The highest BCUT2D eigenvalue weighted by Gasteiger charge is 2.19. The zero-order valence-corrected chi connectivity index (χ0v) is 11.6. The highest BCUT2D eigenvalue weighted by Crippen LogP contribution is 2.29. The number of rotatable bonds is 7. The van der Waals surface area contributed by atoms with Crippen LogP contribution in [0.3, 0.4) is 0 Å². The summed E-state index contributed by atoms with van der Waals surface area (Å²) >= 11 is 0. The summed E-state index contributed by atoms with van der Waals surface area (Å²) in [4.78, 5) is 4.25. The smallest absolute Gasteiger partial charge is 0.0951 e. The van der Waals surface area contributed by atoms with E-state index in [1.54, 1.807) is 0 Å². The van der Waals surface area contributed by atoms with Gasteiger partial charge < -0.3 is 15.6 Å². The molecule has 1 fully saturated rings. The molecule has 0 saturated heterocycles.